The van der Waals surface area contributed by atoms with Crippen LogP contribution in [0.15, 0.2) is 60.8 Å². The van der Waals surface area contributed by atoms with Crippen molar-refractivity contribution in [1.29, 1.82) is 0 Å². The number of benzene rings is 2. The highest BCUT2D eigenvalue weighted by Gasteiger charge is 2.26. The van der Waals surface area contributed by atoms with E-state index >= 15 is 0 Å². The standard InChI is InChI=1S/C23H25NS/c1-17(11-14-22-15-18(2)25-22)24-16-21-9-4-3-7-19(21)12-13-20-8-5-6-10-23(20)24/h3-10,12-13,18,22H,1,11,14-16H2,2H3/b13-12-. The number of allylic oxidation sites excluding steroid dienone is 1. The number of hydrogen-bond donors (Lipinski definition) is 0. The van der Waals surface area contributed by atoms with Crippen LogP contribution in [0, 0.1) is 0 Å². The van der Waals surface area contributed by atoms with Crippen LogP contribution in [0.1, 0.15) is 42.9 Å². The average Bonchev–Trinajstić information content (AvgIpc) is 2.59. The lowest BCUT2D eigenvalue weighted by Gasteiger charge is -2.34. The van der Waals surface area contributed by atoms with Gasteiger partial charge >= 0.3 is 0 Å². The first-order chi connectivity index (χ1) is 12.2. The molecule has 0 bridgehead atoms. The molecule has 2 aromatic rings. The monoisotopic (exact) mass is 347 g/mol. The predicted molar refractivity (Wildman–Crippen MR) is 112 cm³/mol. The van der Waals surface area contributed by atoms with E-state index in [1.165, 1.54) is 40.9 Å². The molecule has 4 rings (SSSR count). The Morgan fingerprint density at radius 2 is 1.76 bits per heavy atom. The molecule has 0 amide bonds. The normalized spacial score (nSPS) is 22.8. The summed E-state index contributed by atoms with van der Waals surface area (Å²) in [5, 5.41) is 1.67. The van der Waals surface area contributed by atoms with E-state index < -0.39 is 0 Å². The summed E-state index contributed by atoms with van der Waals surface area (Å²) in [6, 6.07) is 17.3. The molecular formula is C23H25NS. The highest BCUT2D eigenvalue weighted by atomic mass is 32.2. The van der Waals surface area contributed by atoms with Crippen LogP contribution in [0.25, 0.3) is 12.2 Å². The number of rotatable bonds is 4. The lowest BCUT2D eigenvalue weighted by molar-refractivity contribution is 0.634. The van der Waals surface area contributed by atoms with Gasteiger partial charge in [-0.25, -0.2) is 0 Å². The molecule has 2 unspecified atom stereocenters. The van der Waals surface area contributed by atoms with Gasteiger partial charge in [0.2, 0.25) is 0 Å². The van der Waals surface area contributed by atoms with Gasteiger partial charge < -0.3 is 4.90 Å². The summed E-state index contributed by atoms with van der Waals surface area (Å²) in [6.07, 6.45) is 8.15. The smallest absolute Gasteiger partial charge is 0.0484 e. The summed E-state index contributed by atoms with van der Waals surface area (Å²) in [5.41, 5.74) is 6.44. The van der Waals surface area contributed by atoms with E-state index in [0.29, 0.717) is 0 Å². The molecule has 2 atom stereocenters. The van der Waals surface area contributed by atoms with Crippen LogP contribution in [0.2, 0.25) is 0 Å². The molecule has 1 nitrogen and oxygen atoms in total. The zero-order chi connectivity index (χ0) is 17.2. The zero-order valence-electron chi connectivity index (χ0n) is 14.8. The first-order valence-corrected chi connectivity index (χ1v) is 10.1. The highest BCUT2D eigenvalue weighted by molar-refractivity contribution is 8.01. The second-order valence-corrected chi connectivity index (χ2v) is 8.83. The van der Waals surface area contributed by atoms with Crippen LogP contribution in [-0.4, -0.2) is 10.5 Å². The molecule has 0 aliphatic carbocycles. The van der Waals surface area contributed by atoms with E-state index in [-0.39, 0.29) is 0 Å². The molecule has 0 aromatic heterocycles. The van der Waals surface area contributed by atoms with Gasteiger partial charge in [-0.05, 0) is 42.0 Å². The molecule has 0 N–H and O–H groups in total. The number of hydrogen-bond acceptors (Lipinski definition) is 2. The van der Waals surface area contributed by atoms with Crippen molar-refractivity contribution in [1.82, 2.24) is 0 Å². The Morgan fingerprint density at radius 1 is 1.08 bits per heavy atom. The Balaban J connectivity index is 1.61. The molecule has 25 heavy (non-hydrogen) atoms. The maximum atomic E-state index is 4.46. The zero-order valence-corrected chi connectivity index (χ0v) is 15.6. The molecule has 2 aromatic carbocycles. The van der Waals surface area contributed by atoms with Crippen LogP contribution >= 0.6 is 11.8 Å². The van der Waals surface area contributed by atoms with Crippen molar-refractivity contribution in [3.63, 3.8) is 0 Å². The fourth-order valence-electron chi connectivity index (χ4n) is 3.77. The Morgan fingerprint density at radius 3 is 2.56 bits per heavy atom. The van der Waals surface area contributed by atoms with Crippen molar-refractivity contribution < 1.29 is 0 Å². The average molecular weight is 348 g/mol. The lowest BCUT2D eigenvalue weighted by Crippen LogP contribution is -2.27. The van der Waals surface area contributed by atoms with Gasteiger partial charge in [-0.1, -0.05) is 68.1 Å². The minimum Gasteiger partial charge on any atom is -0.341 e. The van der Waals surface area contributed by atoms with Crippen molar-refractivity contribution in [2.45, 2.75) is 43.2 Å². The van der Waals surface area contributed by atoms with E-state index in [2.05, 4.69) is 90.8 Å². The van der Waals surface area contributed by atoms with Gasteiger partial charge in [-0.15, -0.1) is 0 Å². The Hall–Kier alpha value is -1.93. The van der Waals surface area contributed by atoms with Crippen LogP contribution < -0.4 is 4.90 Å². The van der Waals surface area contributed by atoms with Crippen molar-refractivity contribution in [2.75, 3.05) is 4.90 Å². The van der Waals surface area contributed by atoms with E-state index in [9.17, 15) is 0 Å². The summed E-state index contributed by atoms with van der Waals surface area (Å²) in [4.78, 5) is 2.42. The number of fused-ring (bicyclic) bond motifs is 2. The summed E-state index contributed by atoms with van der Waals surface area (Å²) >= 11 is 2.13. The van der Waals surface area contributed by atoms with Gasteiger partial charge in [0.05, 0.1) is 0 Å². The number of thioether (sulfide) groups is 1. The molecule has 2 aliphatic heterocycles. The Labute approximate surface area is 155 Å². The quantitative estimate of drug-likeness (QED) is 0.632. The Bertz CT molecular complexity index is 801. The lowest BCUT2D eigenvalue weighted by atomic mass is 10.00. The molecule has 1 fully saturated rings. The topological polar surface area (TPSA) is 3.24 Å². The van der Waals surface area contributed by atoms with E-state index in [1.807, 2.05) is 0 Å². The third kappa shape index (κ3) is 3.55. The maximum Gasteiger partial charge on any atom is 0.0484 e. The van der Waals surface area contributed by atoms with E-state index in [1.54, 1.807) is 0 Å². The van der Waals surface area contributed by atoms with Gasteiger partial charge in [-0.2, -0.15) is 11.8 Å². The minimum absolute atomic E-state index is 0.823. The van der Waals surface area contributed by atoms with Crippen molar-refractivity contribution in [3.8, 4) is 0 Å². The van der Waals surface area contributed by atoms with Crippen LogP contribution in [0.3, 0.4) is 0 Å². The SMILES string of the molecule is C=C(CCC1CC(C)S1)N1Cc2ccccc2/C=C\c2ccccc21. The van der Waals surface area contributed by atoms with Gasteiger partial charge in [0, 0.05) is 28.4 Å². The third-order valence-corrected chi connectivity index (χ3v) is 6.68. The summed E-state index contributed by atoms with van der Waals surface area (Å²) in [7, 11) is 0. The van der Waals surface area contributed by atoms with Crippen LogP contribution in [-0.2, 0) is 6.54 Å². The molecule has 128 valence electrons. The Kier molecular flexibility index (Phi) is 4.72. The maximum absolute atomic E-state index is 4.46. The van der Waals surface area contributed by atoms with Crippen molar-refractivity contribution >= 4 is 29.6 Å². The third-order valence-electron chi connectivity index (χ3n) is 5.21. The molecule has 2 heterocycles. The largest absolute Gasteiger partial charge is 0.341 e. The fraction of sp³-hybridized carbons (Fsp3) is 0.304. The summed E-state index contributed by atoms with van der Waals surface area (Å²) in [5.74, 6) is 0. The van der Waals surface area contributed by atoms with Crippen molar-refractivity contribution in [2.24, 2.45) is 0 Å². The van der Waals surface area contributed by atoms with Gasteiger partial charge in [0.1, 0.15) is 0 Å². The van der Waals surface area contributed by atoms with E-state index in [0.717, 1.165) is 23.5 Å². The molecule has 0 saturated carbocycles. The number of para-hydroxylation sites is 1. The first-order valence-electron chi connectivity index (χ1n) is 9.16. The van der Waals surface area contributed by atoms with Gasteiger partial charge in [0.25, 0.3) is 0 Å². The number of nitrogens with zero attached hydrogens (tertiary/aromatic N) is 1. The molecule has 0 radical (unpaired) electrons. The fourth-order valence-corrected chi connectivity index (χ4v) is 5.06. The second kappa shape index (κ2) is 7.13. The molecule has 0 spiro atoms. The van der Waals surface area contributed by atoms with Crippen LogP contribution in [0.5, 0.6) is 0 Å². The van der Waals surface area contributed by atoms with Crippen molar-refractivity contribution in [3.05, 3.63) is 77.5 Å². The number of anilines is 1. The molecule has 1 saturated heterocycles. The molecular weight excluding hydrogens is 322 g/mol. The highest BCUT2D eigenvalue weighted by Crippen LogP contribution is 2.40. The first kappa shape index (κ1) is 16.5. The van der Waals surface area contributed by atoms with Gasteiger partial charge in [-0.3, -0.25) is 0 Å². The molecule has 2 heteroatoms. The molecule has 2 aliphatic rings. The predicted octanol–water partition coefficient (Wildman–Crippen LogP) is 6.36. The summed E-state index contributed by atoms with van der Waals surface area (Å²) < 4.78 is 0. The second-order valence-electron chi connectivity index (χ2n) is 7.09. The van der Waals surface area contributed by atoms with E-state index in [4.69, 9.17) is 0 Å². The summed E-state index contributed by atoms with van der Waals surface area (Å²) in [6.45, 7) is 7.69. The minimum atomic E-state index is 0.823. The van der Waals surface area contributed by atoms with Gasteiger partial charge in [0.15, 0.2) is 0 Å². The van der Waals surface area contributed by atoms with Crippen LogP contribution in [0.4, 0.5) is 5.69 Å².